The standard InChI is InChI=1S/C17H10F3O2S2.Tl/c1-16(21)14(23)7-10-6-13(22-8-12(10)15(16)24)9-2-4-11(5-3-9)17(18,19)20;/h2-6,8,21H,1H3;. The first-order valence-electron chi connectivity index (χ1n) is 7.11. The van der Waals surface area contributed by atoms with Crippen LogP contribution in [0.15, 0.2) is 50.9 Å². The van der Waals surface area contributed by atoms with Gasteiger partial charge >= 0.3 is 169 Å². The number of hydrogen-bond acceptors (Lipinski definition) is 4. The van der Waals surface area contributed by atoms with Crippen molar-refractivity contribution >= 4 is 65.7 Å². The van der Waals surface area contributed by atoms with Gasteiger partial charge < -0.3 is 0 Å². The van der Waals surface area contributed by atoms with E-state index in [4.69, 9.17) is 29.2 Å². The van der Waals surface area contributed by atoms with Crippen molar-refractivity contribution in [2.24, 2.45) is 0 Å². The van der Waals surface area contributed by atoms with Gasteiger partial charge in [-0.2, -0.15) is 0 Å². The summed E-state index contributed by atoms with van der Waals surface area (Å²) in [5.41, 5.74) is -0.186. The molecule has 1 heterocycles. The average Bonchev–Trinajstić information content (AvgIpc) is 2.57. The maximum atomic E-state index is 12.7. The molecule has 0 fully saturated rings. The number of ether oxygens (including phenoxy) is 1. The van der Waals surface area contributed by atoms with Gasteiger partial charge in [0.15, 0.2) is 0 Å². The van der Waals surface area contributed by atoms with Gasteiger partial charge in [0, 0.05) is 0 Å². The van der Waals surface area contributed by atoms with Gasteiger partial charge in [-0.05, 0) is 0 Å². The Morgan fingerprint density at radius 1 is 1.12 bits per heavy atom. The van der Waals surface area contributed by atoms with Gasteiger partial charge in [0.25, 0.3) is 0 Å². The van der Waals surface area contributed by atoms with E-state index < -0.39 is 17.3 Å². The van der Waals surface area contributed by atoms with E-state index in [1.165, 1.54) is 18.4 Å². The molecule has 126 valence electrons. The van der Waals surface area contributed by atoms with E-state index in [0.717, 1.165) is 20.8 Å². The van der Waals surface area contributed by atoms with Crippen LogP contribution in [-0.4, -0.2) is 46.2 Å². The minimum atomic E-state index is -4.38. The van der Waals surface area contributed by atoms with Crippen molar-refractivity contribution in [3.05, 3.63) is 62.0 Å². The first-order chi connectivity index (χ1) is 11.5. The molecule has 2 nitrogen and oxygen atoms in total. The third kappa shape index (κ3) is 3.27. The SMILES string of the molecule is CC1(O)C(=S)C2=COC(c3ccc(C(F)(F)F)cc3)=CC2=[C]([Tl])C1=S. The zero-order valence-corrected chi connectivity index (χ0v) is 19.0. The Labute approximate surface area is 168 Å². The number of allylic oxidation sites excluding steroid dienone is 2. The maximum absolute atomic E-state index is 12.7. The number of alkyl halides is 3. The van der Waals surface area contributed by atoms with Crippen molar-refractivity contribution in [3.63, 3.8) is 0 Å². The van der Waals surface area contributed by atoms with Crippen LogP contribution in [0.25, 0.3) is 5.76 Å². The van der Waals surface area contributed by atoms with Crippen LogP contribution in [0.1, 0.15) is 18.1 Å². The zero-order chi connectivity index (χ0) is 18.6. The van der Waals surface area contributed by atoms with E-state index in [1.54, 1.807) is 13.0 Å². The predicted octanol–water partition coefficient (Wildman–Crippen LogP) is 3.89. The van der Waals surface area contributed by atoms with Gasteiger partial charge in [-0.15, -0.1) is 0 Å². The van der Waals surface area contributed by atoms with Crippen molar-refractivity contribution < 1.29 is 23.0 Å². The summed E-state index contributed by atoms with van der Waals surface area (Å²) in [6, 6.07) is 4.74. The van der Waals surface area contributed by atoms with Crippen LogP contribution < -0.4 is 0 Å². The molecular formula is C17H10F3O2S2Tl. The van der Waals surface area contributed by atoms with Crippen molar-refractivity contribution in [1.29, 1.82) is 0 Å². The molecule has 1 N–H and O–H groups in total. The number of hydrogen-bond donors (Lipinski definition) is 1. The molecule has 0 bridgehead atoms. The normalized spacial score (nSPS) is 23.7. The topological polar surface area (TPSA) is 29.5 Å². The molecule has 1 aliphatic carbocycles. The van der Waals surface area contributed by atoms with E-state index >= 15 is 0 Å². The Morgan fingerprint density at radius 3 is 2.28 bits per heavy atom. The molecule has 0 radical (unpaired) electrons. The minimum absolute atomic E-state index is 0.291. The Kier molecular flexibility index (Phi) is 4.80. The van der Waals surface area contributed by atoms with Crippen molar-refractivity contribution in [3.8, 4) is 0 Å². The summed E-state index contributed by atoms with van der Waals surface area (Å²) < 4.78 is 44.5. The second-order valence-electron chi connectivity index (χ2n) is 5.79. The van der Waals surface area contributed by atoms with Gasteiger partial charge in [-0.25, -0.2) is 0 Å². The molecule has 2 aliphatic rings. The number of halogens is 3. The number of aliphatic hydroxyl groups is 1. The molecule has 1 aromatic carbocycles. The van der Waals surface area contributed by atoms with Gasteiger partial charge in [0.05, 0.1) is 0 Å². The molecular weight excluding hydrogens is 562 g/mol. The summed E-state index contributed by atoms with van der Waals surface area (Å²) in [5, 5.41) is 10.5. The van der Waals surface area contributed by atoms with Gasteiger partial charge in [0.1, 0.15) is 0 Å². The monoisotopic (exact) mass is 572 g/mol. The predicted molar refractivity (Wildman–Crippen MR) is 97.2 cm³/mol. The fraction of sp³-hybridized carbons (Fsp3) is 0.176. The molecule has 3 rings (SSSR count). The molecule has 1 atom stereocenters. The van der Waals surface area contributed by atoms with Crippen LogP contribution in [0.2, 0.25) is 0 Å². The Morgan fingerprint density at radius 2 is 1.72 bits per heavy atom. The summed E-state index contributed by atoms with van der Waals surface area (Å²) in [7, 11) is 0. The quantitative estimate of drug-likeness (QED) is 0.409. The first-order valence-corrected chi connectivity index (χ1v) is 10.2. The third-order valence-corrected chi connectivity index (χ3v) is 8.41. The summed E-state index contributed by atoms with van der Waals surface area (Å²) >= 11 is 11.0. The van der Waals surface area contributed by atoms with Crippen LogP contribution in [-0.2, 0) is 10.9 Å². The van der Waals surface area contributed by atoms with Gasteiger partial charge in [-0.3, -0.25) is 0 Å². The van der Waals surface area contributed by atoms with Gasteiger partial charge in [-0.1, -0.05) is 0 Å². The molecule has 0 amide bonds. The van der Waals surface area contributed by atoms with Crippen LogP contribution in [0.4, 0.5) is 13.2 Å². The average molecular weight is 572 g/mol. The molecule has 1 aromatic rings. The number of benzene rings is 1. The summed E-state index contributed by atoms with van der Waals surface area (Å²) in [4.78, 5) is 0.694. The van der Waals surface area contributed by atoms with Crippen molar-refractivity contribution in [1.82, 2.24) is 0 Å². The zero-order valence-electron chi connectivity index (χ0n) is 12.8. The fourth-order valence-electron chi connectivity index (χ4n) is 2.55. The molecule has 0 spiro atoms. The summed E-state index contributed by atoms with van der Waals surface area (Å²) in [6.07, 6.45) is -1.23. The molecule has 0 saturated heterocycles. The fourth-order valence-corrected chi connectivity index (χ4v) is 5.11. The molecule has 1 unspecified atom stereocenters. The van der Waals surface area contributed by atoms with Crippen LogP contribution >= 0.6 is 24.4 Å². The summed E-state index contributed by atoms with van der Waals surface area (Å²) in [6.45, 7) is 1.56. The van der Waals surface area contributed by atoms with E-state index in [1.807, 2.05) is 0 Å². The van der Waals surface area contributed by atoms with E-state index in [9.17, 15) is 18.3 Å². The van der Waals surface area contributed by atoms with Crippen molar-refractivity contribution in [2.45, 2.75) is 18.7 Å². The van der Waals surface area contributed by atoms with Crippen LogP contribution in [0.5, 0.6) is 0 Å². The second kappa shape index (κ2) is 6.36. The van der Waals surface area contributed by atoms with Crippen molar-refractivity contribution in [2.75, 3.05) is 0 Å². The Hall–Kier alpha value is -0.908. The molecule has 25 heavy (non-hydrogen) atoms. The number of rotatable bonds is 1. The van der Waals surface area contributed by atoms with Crippen LogP contribution in [0, 0.1) is 0 Å². The van der Waals surface area contributed by atoms with E-state index in [0.29, 0.717) is 52.4 Å². The molecule has 0 aromatic heterocycles. The second-order valence-corrected chi connectivity index (χ2v) is 8.85. The summed E-state index contributed by atoms with van der Waals surface area (Å²) in [5.74, 6) is 0.415. The first kappa shape index (κ1) is 18.9. The molecule has 1 aliphatic heterocycles. The molecule has 0 saturated carbocycles. The third-order valence-electron chi connectivity index (χ3n) is 4.03. The van der Waals surface area contributed by atoms with E-state index in [-0.39, 0.29) is 0 Å². The van der Waals surface area contributed by atoms with Gasteiger partial charge in [0.2, 0.25) is 0 Å². The number of thiocarbonyl (C=S) groups is 2. The molecule has 8 heteroatoms. The van der Waals surface area contributed by atoms with E-state index in [2.05, 4.69) is 0 Å². The Bertz CT molecular complexity index is 878. The Balaban J connectivity index is 2.02. The number of fused-ring (bicyclic) bond motifs is 1. The van der Waals surface area contributed by atoms with Crippen LogP contribution in [0.3, 0.4) is 0 Å².